The molecule has 0 radical (unpaired) electrons. The maximum absolute atomic E-state index is 12.1. The van der Waals surface area contributed by atoms with Gasteiger partial charge in [0.1, 0.15) is 17.5 Å². The Bertz CT molecular complexity index is 412. The van der Waals surface area contributed by atoms with E-state index in [2.05, 4.69) is 0 Å². The number of carbonyl (C=O) groups excluding carboxylic acids is 1. The van der Waals surface area contributed by atoms with E-state index in [9.17, 15) is 9.90 Å². The van der Waals surface area contributed by atoms with E-state index in [1.807, 2.05) is 0 Å². The number of hydrogen-bond acceptors (Lipinski definition) is 4. The van der Waals surface area contributed by atoms with Gasteiger partial charge in [-0.1, -0.05) is 41.5 Å². The molecule has 2 N–H and O–H groups in total. The normalized spacial score (nSPS) is 13.7. The van der Waals surface area contributed by atoms with E-state index in [1.165, 1.54) is 0 Å². The first kappa shape index (κ1) is 15.4. The molecule has 17 heavy (non-hydrogen) atoms. The molecule has 0 aromatic heterocycles. The molecule has 4 nitrogen and oxygen atoms in total. The van der Waals surface area contributed by atoms with E-state index in [0.717, 1.165) is 0 Å². The molecule has 0 aliphatic rings. The SMILES string of the molecule is CC(C)(C)C(=O)/C(C(=N)C#N)=C(/O)C(C)(C)C. The van der Waals surface area contributed by atoms with E-state index in [4.69, 9.17) is 10.7 Å². The Morgan fingerprint density at radius 3 is 1.76 bits per heavy atom. The Kier molecular flexibility index (Phi) is 4.25. The molecule has 0 atom stereocenters. The summed E-state index contributed by atoms with van der Waals surface area (Å²) in [6.45, 7) is 10.2. The van der Waals surface area contributed by atoms with Crippen LogP contribution in [0.25, 0.3) is 0 Å². The summed E-state index contributed by atoms with van der Waals surface area (Å²) in [5.41, 5.74) is -2.07. The molecule has 0 unspecified atom stereocenters. The molecule has 0 rings (SSSR count). The summed E-state index contributed by atoms with van der Waals surface area (Å²) in [7, 11) is 0. The van der Waals surface area contributed by atoms with Crippen molar-refractivity contribution in [3.63, 3.8) is 0 Å². The van der Waals surface area contributed by atoms with Crippen LogP contribution in [0.2, 0.25) is 0 Å². The lowest BCUT2D eigenvalue weighted by Gasteiger charge is -2.24. The van der Waals surface area contributed by atoms with Gasteiger partial charge in [-0.05, 0) is 0 Å². The molecular weight excluding hydrogens is 216 g/mol. The first-order chi connectivity index (χ1) is 7.42. The van der Waals surface area contributed by atoms with Crippen molar-refractivity contribution in [2.45, 2.75) is 41.5 Å². The lowest BCUT2D eigenvalue weighted by atomic mass is 9.80. The van der Waals surface area contributed by atoms with Gasteiger partial charge in [-0.15, -0.1) is 0 Å². The third-order valence-corrected chi connectivity index (χ3v) is 2.22. The summed E-state index contributed by atoms with van der Waals surface area (Å²) >= 11 is 0. The number of rotatable bonds is 2. The molecule has 0 saturated carbocycles. The van der Waals surface area contributed by atoms with Gasteiger partial charge in [-0.3, -0.25) is 10.2 Å². The number of nitrogens with one attached hydrogen (secondary N) is 1. The number of nitriles is 1. The van der Waals surface area contributed by atoms with Crippen molar-refractivity contribution in [2.75, 3.05) is 0 Å². The van der Waals surface area contributed by atoms with Gasteiger partial charge in [-0.25, -0.2) is 0 Å². The lowest BCUT2D eigenvalue weighted by Crippen LogP contribution is -2.29. The average molecular weight is 236 g/mol. The van der Waals surface area contributed by atoms with Crippen molar-refractivity contribution in [1.82, 2.24) is 0 Å². The van der Waals surface area contributed by atoms with Crippen LogP contribution in [0.1, 0.15) is 41.5 Å². The molecule has 0 amide bonds. The number of ketones is 1. The molecule has 0 aliphatic carbocycles. The monoisotopic (exact) mass is 236 g/mol. The van der Waals surface area contributed by atoms with Crippen molar-refractivity contribution >= 4 is 11.5 Å². The van der Waals surface area contributed by atoms with E-state index in [-0.39, 0.29) is 11.3 Å². The van der Waals surface area contributed by atoms with Crippen LogP contribution < -0.4 is 0 Å². The first-order valence-electron chi connectivity index (χ1n) is 5.40. The molecule has 0 heterocycles. The Hall–Kier alpha value is -1.63. The fourth-order valence-electron chi connectivity index (χ4n) is 1.15. The van der Waals surface area contributed by atoms with Gasteiger partial charge in [0.2, 0.25) is 0 Å². The van der Waals surface area contributed by atoms with Gasteiger partial charge in [-0.2, -0.15) is 5.26 Å². The molecule has 0 saturated heterocycles. The van der Waals surface area contributed by atoms with Gasteiger partial charge in [0.15, 0.2) is 5.78 Å². The molecule has 0 fully saturated rings. The van der Waals surface area contributed by atoms with Crippen molar-refractivity contribution in [3.05, 3.63) is 11.3 Å². The number of carbonyl (C=O) groups is 1. The molecule has 0 aromatic carbocycles. The van der Waals surface area contributed by atoms with Crippen molar-refractivity contribution in [3.8, 4) is 6.07 Å². The summed E-state index contributed by atoms with van der Waals surface area (Å²) in [5, 5.41) is 26.3. The second-order valence-corrected chi connectivity index (χ2v) is 6.04. The molecule has 0 aromatic rings. The fraction of sp³-hybridized carbons (Fsp3) is 0.615. The van der Waals surface area contributed by atoms with Gasteiger partial charge in [0.05, 0.1) is 5.57 Å². The second-order valence-electron chi connectivity index (χ2n) is 6.04. The number of aliphatic hydroxyl groups excluding tert-OH is 1. The quantitative estimate of drug-likeness (QED) is 0.439. The molecular formula is C13H20N2O2. The minimum Gasteiger partial charge on any atom is -0.511 e. The zero-order valence-electron chi connectivity index (χ0n) is 11.3. The molecule has 94 valence electrons. The van der Waals surface area contributed by atoms with Gasteiger partial charge >= 0.3 is 0 Å². The van der Waals surface area contributed by atoms with Crippen LogP contribution in [0.15, 0.2) is 11.3 Å². The first-order valence-corrected chi connectivity index (χ1v) is 5.40. The van der Waals surface area contributed by atoms with E-state index in [0.29, 0.717) is 0 Å². The number of hydrogen-bond donors (Lipinski definition) is 2. The van der Waals surface area contributed by atoms with Crippen molar-refractivity contribution in [1.29, 1.82) is 10.7 Å². The van der Waals surface area contributed by atoms with E-state index < -0.39 is 22.3 Å². The standard InChI is InChI=1S/C13H20N2O2/c1-12(2,3)10(16)9(8(15)7-14)11(17)13(4,5)6/h15-16H,1-6H3/b10-9+,15-8?. The zero-order valence-corrected chi connectivity index (χ0v) is 11.3. The highest BCUT2D eigenvalue weighted by atomic mass is 16.3. The molecule has 0 bridgehead atoms. The van der Waals surface area contributed by atoms with E-state index in [1.54, 1.807) is 47.6 Å². The minimum absolute atomic E-state index is 0.174. The number of allylic oxidation sites excluding steroid dienone is 2. The molecule has 0 spiro atoms. The van der Waals surface area contributed by atoms with Gasteiger partial charge in [0.25, 0.3) is 0 Å². The van der Waals surface area contributed by atoms with Crippen molar-refractivity contribution in [2.24, 2.45) is 10.8 Å². The van der Waals surface area contributed by atoms with Crippen LogP contribution >= 0.6 is 0 Å². The highest BCUT2D eigenvalue weighted by Gasteiger charge is 2.33. The lowest BCUT2D eigenvalue weighted by molar-refractivity contribution is -0.122. The number of Topliss-reactive ketones (excluding diaryl/α,β-unsaturated/α-hetero) is 1. The van der Waals surface area contributed by atoms with Crippen LogP contribution in [0, 0.1) is 27.6 Å². The van der Waals surface area contributed by atoms with Gasteiger partial charge < -0.3 is 5.11 Å². The second kappa shape index (κ2) is 4.70. The van der Waals surface area contributed by atoms with Gasteiger partial charge in [0, 0.05) is 10.8 Å². The Morgan fingerprint density at radius 1 is 1.12 bits per heavy atom. The average Bonchev–Trinajstić information content (AvgIpc) is 2.14. The summed E-state index contributed by atoms with van der Waals surface area (Å²) in [4.78, 5) is 12.1. The predicted octanol–water partition coefficient (Wildman–Crippen LogP) is 3.00. The maximum atomic E-state index is 12.1. The maximum Gasteiger partial charge on any atom is 0.174 e. The molecule has 0 aliphatic heterocycles. The Morgan fingerprint density at radius 2 is 1.53 bits per heavy atom. The third-order valence-electron chi connectivity index (χ3n) is 2.22. The largest absolute Gasteiger partial charge is 0.511 e. The predicted molar refractivity (Wildman–Crippen MR) is 66.9 cm³/mol. The zero-order chi connectivity index (χ0) is 14.0. The highest BCUT2D eigenvalue weighted by molar-refractivity contribution is 6.28. The summed E-state index contributed by atoms with van der Waals surface area (Å²) in [6, 6.07) is 1.62. The summed E-state index contributed by atoms with van der Waals surface area (Å²) in [6.07, 6.45) is 0. The summed E-state index contributed by atoms with van der Waals surface area (Å²) in [5.74, 6) is -0.597. The number of aliphatic hydroxyl groups is 1. The fourth-order valence-corrected chi connectivity index (χ4v) is 1.15. The summed E-state index contributed by atoms with van der Waals surface area (Å²) < 4.78 is 0. The van der Waals surface area contributed by atoms with Crippen LogP contribution in [0.3, 0.4) is 0 Å². The topological polar surface area (TPSA) is 84.9 Å². The third kappa shape index (κ3) is 3.70. The van der Waals surface area contributed by atoms with Crippen molar-refractivity contribution < 1.29 is 9.90 Å². The Labute approximate surface area is 102 Å². The van der Waals surface area contributed by atoms with Crippen LogP contribution in [0.4, 0.5) is 0 Å². The van der Waals surface area contributed by atoms with Crippen LogP contribution in [0.5, 0.6) is 0 Å². The minimum atomic E-state index is -0.738. The Balaban J connectivity index is 5.90. The van der Waals surface area contributed by atoms with Crippen LogP contribution in [-0.2, 0) is 4.79 Å². The van der Waals surface area contributed by atoms with E-state index >= 15 is 0 Å². The molecule has 4 heteroatoms. The smallest absolute Gasteiger partial charge is 0.174 e. The number of nitrogens with zero attached hydrogens (tertiary/aromatic N) is 1. The van der Waals surface area contributed by atoms with Crippen LogP contribution in [-0.4, -0.2) is 16.6 Å². The highest BCUT2D eigenvalue weighted by Crippen LogP contribution is 2.30.